The molecule has 0 spiro atoms. The first-order valence-electron chi connectivity index (χ1n) is 17.7. The summed E-state index contributed by atoms with van der Waals surface area (Å²) in [5.41, 5.74) is -1.53. The summed E-state index contributed by atoms with van der Waals surface area (Å²) in [6.45, 7) is 4.78. The number of carbonyl (C=O) groups excluding carboxylic acids is 5. The van der Waals surface area contributed by atoms with Gasteiger partial charge in [-0.2, -0.15) is 0 Å². The van der Waals surface area contributed by atoms with Gasteiger partial charge in [-0.1, -0.05) is 24.3 Å². The minimum absolute atomic E-state index is 0.0101. The second kappa shape index (κ2) is 14.3. The van der Waals surface area contributed by atoms with Crippen LogP contribution >= 0.6 is 0 Å². The molecule has 1 aromatic rings. The van der Waals surface area contributed by atoms with E-state index < -0.39 is 92.3 Å². The third-order valence-corrected chi connectivity index (χ3v) is 11.9. The quantitative estimate of drug-likeness (QED) is 0.324. The number of allylic oxidation sites excluding steroid dienone is 1. The van der Waals surface area contributed by atoms with Crippen molar-refractivity contribution in [3.63, 3.8) is 0 Å². The average Bonchev–Trinajstić information content (AvgIpc) is 3.94. The highest BCUT2D eigenvalue weighted by Gasteiger charge is 2.62. The zero-order valence-electron chi connectivity index (χ0n) is 29.4. The van der Waals surface area contributed by atoms with Crippen LogP contribution in [0.25, 0.3) is 0 Å². The molecule has 0 bridgehead atoms. The van der Waals surface area contributed by atoms with E-state index in [9.17, 15) is 41.9 Å². The predicted octanol–water partition coefficient (Wildman–Crippen LogP) is 2.12. The number of fused-ring (bicyclic) bond motifs is 3. The summed E-state index contributed by atoms with van der Waals surface area (Å²) in [6.07, 6.45) is 1.48. The zero-order valence-corrected chi connectivity index (χ0v) is 30.2. The molecule has 1 aromatic carbocycles. The summed E-state index contributed by atoms with van der Waals surface area (Å²) in [4.78, 5) is 70.8. The third-order valence-electron chi connectivity index (χ3n) is 10.1. The van der Waals surface area contributed by atoms with Gasteiger partial charge >= 0.3 is 12.2 Å². The highest BCUT2D eigenvalue weighted by molar-refractivity contribution is 7.91. The minimum Gasteiger partial charge on any atom is -0.444 e. The second-order valence-corrected chi connectivity index (χ2v) is 17.3. The maximum Gasteiger partial charge on any atom is 0.410 e. The van der Waals surface area contributed by atoms with Crippen molar-refractivity contribution < 1.29 is 51.4 Å². The maximum absolute atomic E-state index is 14.4. The molecule has 4 N–H and O–H groups in total. The van der Waals surface area contributed by atoms with E-state index in [2.05, 4.69) is 15.4 Å². The standard InChI is InChI=1S/C35H46FN5O10S/c1-34(2,3)51-32(46)37-27-14-11-22(42)9-5-4-8-21-16-35(21,31(45)39-52(48,49)24-12-13-24)38-29(43)28-15-23(18-41(28)30(27)44)50-33(47)40-17-20-7-6-10-26(36)25(20)19-40/h4,6-8,10,21-24,27-28,42H,5,9,11-19H2,1-3H3,(H,37,46)(H,38,43)(H,39,45)/t21-,22?,23-,27+,28+,35-/m1/s1. The van der Waals surface area contributed by atoms with Crippen LogP contribution in [-0.2, 0) is 47.0 Å². The van der Waals surface area contributed by atoms with Crippen molar-refractivity contribution in [1.82, 2.24) is 25.2 Å². The SMILES string of the molecule is CC(C)(C)OC(=O)N[C@H]1CCC(O)CCC=C[C@@H]2C[C@@]2(C(=O)NS(=O)(=O)C2CC2)NC(=O)[C@@H]2C[C@@H](OC(=O)N3Cc4cccc(F)c4C3)CN2C1=O. The zero-order chi connectivity index (χ0) is 37.6. The van der Waals surface area contributed by atoms with Crippen molar-refractivity contribution >= 4 is 39.9 Å². The topological polar surface area (TPSA) is 201 Å². The van der Waals surface area contributed by atoms with Crippen LogP contribution in [-0.4, -0.2) is 100 Å². The largest absolute Gasteiger partial charge is 0.444 e. The molecule has 3 fully saturated rings. The molecule has 0 radical (unpaired) electrons. The van der Waals surface area contributed by atoms with Gasteiger partial charge in [0.25, 0.3) is 5.91 Å². The number of amides is 5. The molecule has 0 aromatic heterocycles. The number of nitrogens with one attached hydrogen (secondary N) is 3. The number of benzene rings is 1. The Morgan fingerprint density at radius 2 is 1.83 bits per heavy atom. The van der Waals surface area contributed by atoms with Crippen LogP contribution in [0.4, 0.5) is 14.0 Å². The van der Waals surface area contributed by atoms with Crippen LogP contribution in [0.5, 0.6) is 0 Å². The molecule has 284 valence electrons. The second-order valence-electron chi connectivity index (χ2n) is 15.4. The summed E-state index contributed by atoms with van der Waals surface area (Å²) < 4.78 is 53.2. The lowest BCUT2D eigenvalue weighted by Gasteiger charge is -2.30. The number of nitrogens with zero attached hydrogens (tertiary/aromatic N) is 2. The lowest BCUT2D eigenvalue weighted by Crippen LogP contribution is -2.58. The third kappa shape index (κ3) is 8.35. The summed E-state index contributed by atoms with van der Waals surface area (Å²) in [6, 6.07) is 2.00. The van der Waals surface area contributed by atoms with Crippen LogP contribution in [0.1, 0.15) is 83.3 Å². The van der Waals surface area contributed by atoms with Crippen molar-refractivity contribution in [2.45, 2.75) is 126 Å². The first-order chi connectivity index (χ1) is 24.5. The fourth-order valence-corrected chi connectivity index (χ4v) is 8.39. The number of hydrogen-bond donors (Lipinski definition) is 4. The number of hydrogen-bond acceptors (Lipinski definition) is 10. The Bertz CT molecular complexity index is 1760. The number of aliphatic hydroxyl groups is 1. The maximum atomic E-state index is 14.4. The van der Waals surface area contributed by atoms with Gasteiger partial charge in [-0.05, 0) is 77.3 Å². The molecule has 3 heterocycles. The average molecular weight is 748 g/mol. The molecule has 2 aliphatic carbocycles. The van der Waals surface area contributed by atoms with E-state index in [-0.39, 0.29) is 45.3 Å². The first kappa shape index (κ1) is 37.5. The van der Waals surface area contributed by atoms with Gasteiger partial charge in [0, 0.05) is 24.4 Å². The van der Waals surface area contributed by atoms with E-state index in [1.807, 2.05) is 0 Å². The molecule has 52 heavy (non-hydrogen) atoms. The van der Waals surface area contributed by atoms with Crippen molar-refractivity contribution in [3.8, 4) is 0 Å². The van der Waals surface area contributed by atoms with Crippen LogP contribution in [0.2, 0.25) is 0 Å². The number of halogens is 1. The molecule has 5 amide bonds. The molecular weight excluding hydrogens is 701 g/mol. The molecule has 2 saturated carbocycles. The number of carbonyl (C=O) groups is 5. The molecule has 3 aliphatic heterocycles. The normalized spacial score (nSPS) is 29.4. The van der Waals surface area contributed by atoms with Crippen LogP contribution < -0.4 is 15.4 Å². The molecule has 15 nitrogen and oxygen atoms in total. The lowest BCUT2D eigenvalue weighted by atomic mass is 10.0. The number of alkyl carbamates (subject to hydrolysis) is 1. The molecular formula is C35H46FN5O10S. The van der Waals surface area contributed by atoms with E-state index >= 15 is 0 Å². The van der Waals surface area contributed by atoms with Crippen molar-refractivity contribution in [3.05, 3.63) is 47.3 Å². The van der Waals surface area contributed by atoms with Crippen LogP contribution in [0.3, 0.4) is 0 Å². The van der Waals surface area contributed by atoms with Gasteiger partial charge in [0.15, 0.2) is 0 Å². The monoisotopic (exact) mass is 747 g/mol. The van der Waals surface area contributed by atoms with E-state index in [1.165, 1.54) is 15.9 Å². The Hall–Kier alpha value is -4.25. The molecule has 17 heteroatoms. The molecule has 1 unspecified atom stereocenters. The molecule has 5 aliphatic rings. The Morgan fingerprint density at radius 1 is 1.08 bits per heavy atom. The van der Waals surface area contributed by atoms with Crippen molar-refractivity contribution in [2.75, 3.05) is 6.54 Å². The predicted molar refractivity (Wildman–Crippen MR) is 182 cm³/mol. The van der Waals surface area contributed by atoms with Gasteiger partial charge in [-0.15, -0.1) is 0 Å². The van der Waals surface area contributed by atoms with E-state index in [1.54, 1.807) is 45.1 Å². The fraction of sp³-hybridized carbons (Fsp3) is 0.629. The summed E-state index contributed by atoms with van der Waals surface area (Å²) >= 11 is 0. The Labute approximate surface area is 301 Å². The lowest BCUT2D eigenvalue weighted by molar-refractivity contribution is -0.141. The van der Waals surface area contributed by atoms with E-state index in [4.69, 9.17) is 9.47 Å². The fourth-order valence-electron chi connectivity index (χ4n) is 7.03. The summed E-state index contributed by atoms with van der Waals surface area (Å²) in [7, 11) is -3.96. The minimum atomic E-state index is -3.96. The van der Waals surface area contributed by atoms with E-state index in [0.717, 1.165) is 0 Å². The van der Waals surface area contributed by atoms with Gasteiger partial charge in [0.05, 0.1) is 24.4 Å². The highest BCUT2D eigenvalue weighted by Crippen LogP contribution is 2.46. The highest BCUT2D eigenvalue weighted by atomic mass is 32.2. The van der Waals surface area contributed by atoms with Crippen molar-refractivity contribution in [2.24, 2.45) is 5.92 Å². The first-order valence-corrected chi connectivity index (χ1v) is 19.2. The Morgan fingerprint density at radius 3 is 2.52 bits per heavy atom. The number of sulfonamides is 1. The van der Waals surface area contributed by atoms with Gasteiger partial charge in [-0.25, -0.2) is 22.4 Å². The summed E-state index contributed by atoms with van der Waals surface area (Å²) in [5, 5.41) is 15.4. The molecule has 1 saturated heterocycles. The number of rotatable bonds is 5. The number of aliphatic hydroxyl groups excluding tert-OH is 1. The van der Waals surface area contributed by atoms with Crippen molar-refractivity contribution in [1.29, 1.82) is 0 Å². The van der Waals surface area contributed by atoms with Gasteiger partial charge in [0.2, 0.25) is 21.8 Å². The Kier molecular flexibility index (Phi) is 10.3. The van der Waals surface area contributed by atoms with Crippen LogP contribution in [0.15, 0.2) is 30.4 Å². The van der Waals surface area contributed by atoms with Gasteiger partial charge in [-0.3, -0.25) is 24.0 Å². The van der Waals surface area contributed by atoms with E-state index in [0.29, 0.717) is 36.8 Å². The molecule has 6 rings (SSSR count). The number of ether oxygens (including phenoxy) is 2. The smallest absolute Gasteiger partial charge is 0.410 e. The van der Waals surface area contributed by atoms with Gasteiger partial charge in [0.1, 0.15) is 35.1 Å². The van der Waals surface area contributed by atoms with Gasteiger partial charge < -0.3 is 30.1 Å². The Balaban J connectivity index is 1.27. The van der Waals surface area contributed by atoms with Crippen LogP contribution in [0, 0.1) is 11.7 Å². The summed E-state index contributed by atoms with van der Waals surface area (Å²) in [5.74, 6) is -3.39. The molecule has 6 atom stereocenters.